The lowest BCUT2D eigenvalue weighted by atomic mass is 10.1. The van der Waals surface area contributed by atoms with E-state index in [1.807, 2.05) is 49.3 Å². The van der Waals surface area contributed by atoms with Gasteiger partial charge in [0.2, 0.25) is 0 Å². The van der Waals surface area contributed by atoms with Gasteiger partial charge in [-0.15, -0.1) is 0 Å². The highest BCUT2D eigenvalue weighted by molar-refractivity contribution is 8.26. The second-order valence-corrected chi connectivity index (χ2v) is 8.80. The summed E-state index contributed by atoms with van der Waals surface area (Å²) in [5.41, 5.74) is 5.15. The van der Waals surface area contributed by atoms with Gasteiger partial charge in [-0.2, -0.15) is 0 Å². The Morgan fingerprint density at radius 2 is 1.84 bits per heavy atom. The number of furan rings is 1. The topological polar surface area (TPSA) is 86.0 Å². The van der Waals surface area contributed by atoms with Crippen molar-refractivity contribution in [2.75, 3.05) is 24.4 Å². The van der Waals surface area contributed by atoms with Crippen molar-refractivity contribution in [2.45, 2.75) is 0 Å². The Kier molecular flexibility index (Phi) is 6.02. The average Bonchev–Trinajstić information content (AvgIpc) is 3.34. The molecule has 1 amide bonds. The number of thioether (sulfide) groups is 1. The van der Waals surface area contributed by atoms with Crippen LogP contribution in [0.5, 0.6) is 0 Å². The van der Waals surface area contributed by atoms with Crippen LogP contribution in [-0.2, 0) is 4.79 Å². The predicted octanol–water partition coefficient (Wildman–Crippen LogP) is 4.94. The van der Waals surface area contributed by atoms with Crippen LogP contribution < -0.4 is 10.3 Å². The molecule has 3 aromatic rings. The first-order valence-electron chi connectivity index (χ1n) is 9.58. The lowest BCUT2D eigenvalue weighted by Gasteiger charge is -2.18. The minimum Gasteiger partial charge on any atom is -0.478 e. The summed E-state index contributed by atoms with van der Waals surface area (Å²) in [6.07, 6.45) is 1.63. The summed E-state index contributed by atoms with van der Waals surface area (Å²) < 4.78 is 6.18. The van der Waals surface area contributed by atoms with Crippen molar-refractivity contribution in [3.05, 3.63) is 76.9 Å². The smallest absolute Gasteiger partial charge is 0.337 e. The third-order valence-electron chi connectivity index (χ3n) is 4.75. The van der Waals surface area contributed by atoms with E-state index in [2.05, 4.69) is 5.43 Å². The SMILES string of the molecule is CN(C)c1ccc(-c2ccc(/C=C3/SC(=S)N(Nc4ccccc4C(=O)O)C3=O)o2)cc1. The number of aromatic carboxylic acids is 1. The number of carboxylic acid groups (broad SMARTS) is 1. The molecule has 0 atom stereocenters. The van der Waals surface area contributed by atoms with E-state index >= 15 is 0 Å². The summed E-state index contributed by atoms with van der Waals surface area (Å²) in [5.74, 6) is -0.280. The molecule has 1 aromatic heterocycles. The second kappa shape index (κ2) is 8.89. The molecule has 0 unspecified atom stereocenters. The van der Waals surface area contributed by atoms with Crippen LogP contribution in [0, 0.1) is 0 Å². The highest BCUT2D eigenvalue weighted by atomic mass is 32.2. The number of amides is 1. The van der Waals surface area contributed by atoms with Crippen molar-refractivity contribution in [3.8, 4) is 11.3 Å². The van der Waals surface area contributed by atoms with Gasteiger partial charge in [0.15, 0.2) is 4.32 Å². The van der Waals surface area contributed by atoms with Gasteiger partial charge in [-0.05, 0) is 60.7 Å². The van der Waals surface area contributed by atoms with Crippen LogP contribution in [0.1, 0.15) is 16.1 Å². The molecule has 4 rings (SSSR count). The molecule has 1 aliphatic rings. The fourth-order valence-corrected chi connectivity index (χ4v) is 4.25. The number of carboxylic acids is 1. The van der Waals surface area contributed by atoms with Crippen molar-refractivity contribution in [1.82, 2.24) is 5.01 Å². The molecule has 0 saturated carbocycles. The maximum atomic E-state index is 12.9. The zero-order chi connectivity index (χ0) is 22.8. The van der Waals surface area contributed by atoms with Gasteiger partial charge in [0.05, 0.1) is 16.2 Å². The zero-order valence-corrected chi connectivity index (χ0v) is 18.9. The lowest BCUT2D eigenvalue weighted by Crippen LogP contribution is -2.34. The number of para-hydroxylation sites is 1. The van der Waals surface area contributed by atoms with Crippen LogP contribution in [-0.4, -0.2) is 40.4 Å². The van der Waals surface area contributed by atoms with Crippen molar-refractivity contribution in [3.63, 3.8) is 0 Å². The Hall–Kier alpha value is -3.56. The molecule has 2 aromatic carbocycles. The summed E-state index contributed by atoms with van der Waals surface area (Å²) in [6.45, 7) is 0. The maximum Gasteiger partial charge on any atom is 0.337 e. The maximum absolute atomic E-state index is 12.9. The summed E-state index contributed by atoms with van der Waals surface area (Å²) in [6, 6.07) is 17.9. The molecular weight excluding hydrogens is 446 g/mol. The Bertz CT molecular complexity index is 1230. The second-order valence-electron chi connectivity index (χ2n) is 7.12. The monoisotopic (exact) mass is 465 g/mol. The van der Waals surface area contributed by atoms with Gasteiger partial charge >= 0.3 is 5.97 Å². The quantitative estimate of drug-likeness (QED) is 0.391. The zero-order valence-electron chi connectivity index (χ0n) is 17.2. The molecule has 2 heterocycles. The molecule has 1 aliphatic heterocycles. The van der Waals surface area contributed by atoms with Crippen LogP contribution in [0.15, 0.2) is 70.0 Å². The molecule has 1 saturated heterocycles. The molecule has 0 bridgehead atoms. The minimum absolute atomic E-state index is 0.0430. The number of nitrogens with one attached hydrogen (secondary N) is 1. The van der Waals surface area contributed by atoms with Crippen LogP contribution in [0.2, 0.25) is 0 Å². The first-order chi connectivity index (χ1) is 15.3. The Morgan fingerprint density at radius 3 is 2.53 bits per heavy atom. The summed E-state index contributed by atoms with van der Waals surface area (Å²) in [4.78, 5) is 26.7. The fourth-order valence-electron chi connectivity index (χ4n) is 3.09. The fraction of sp³-hybridized carbons (Fsp3) is 0.0870. The van der Waals surface area contributed by atoms with Gasteiger partial charge in [0.25, 0.3) is 5.91 Å². The first kappa shape index (κ1) is 21.7. The number of anilines is 2. The van der Waals surface area contributed by atoms with Crippen LogP contribution in [0.4, 0.5) is 11.4 Å². The number of carbonyl (C=O) groups is 2. The summed E-state index contributed by atoms with van der Waals surface area (Å²) in [7, 11) is 3.95. The van der Waals surface area contributed by atoms with E-state index in [1.54, 1.807) is 30.3 Å². The average molecular weight is 466 g/mol. The molecule has 2 N–H and O–H groups in total. The van der Waals surface area contributed by atoms with E-state index in [0.717, 1.165) is 28.0 Å². The van der Waals surface area contributed by atoms with Gasteiger partial charge in [-0.1, -0.05) is 23.9 Å². The van der Waals surface area contributed by atoms with E-state index in [-0.39, 0.29) is 21.5 Å². The number of thiocarbonyl (C=S) groups is 1. The molecule has 0 aliphatic carbocycles. The minimum atomic E-state index is -1.10. The number of hydrogen-bond acceptors (Lipinski definition) is 7. The van der Waals surface area contributed by atoms with Crippen LogP contribution in [0.25, 0.3) is 17.4 Å². The largest absolute Gasteiger partial charge is 0.478 e. The molecule has 0 spiro atoms. The third-order valence-corrected chi connectivity index (χ3v) is 6.05. The highest BCUT2D eigenvalue weighted by Gasteiger charge is 2.33. The van der Waals surface area contributed by atoms with Crippen LogP contribution in [0.3, 0.4) is 0 Å². The number of rotatable bonds is 6. The van der Waals surface area contributed by atoms with Crippen molar-refractivity contribution in [1.29, 1.82) is 0 Å². The summed E-state index contributed by atoms with van der Waals surface area (Å²) >= 11 is 6.43. The van der Waals surface area contributed by atoms with Crippen molar-refractivity contribution in [2.24, 2.45) is 0 Å². The molecular formula is C23H19N3O4S2. The number of hydrogen-bond donors (Lipinski definition) is 2. The molecule has 9 heteroatoms. The van der Waals surface area contributed by atoms with Crippen molar-refractivity contribution >= 4 is 57.6 Å². The number of carbonyl (C=O) groups excluding carboxylic acids is 1. The highest BCUT2D eigenvalue weighted by Crippen LogP contribution is 2.34. The van der Waals surface area contributed by atoms with Gasteiger partial charge in [-0.3, -0.25) is 10.2 Å². The van der Waals surface area contributed by atoms with Crippen LogP contribution >= 0.6 is 24.0 Å². The molecule has 1 fully saturated rings. The summed E-state index contributed by atoms with van der Waals surface area (Å²) in [5, 5.41) is 10.5. The van der Waals surface area contributed by atoms with E-state index in [0.29, 0.717) is 16.4 Å². The Balaban J connectivity index is 1.53. The van der Waals surface area contributed by atoms with Crippen molar-refractivity contribution < 1.29 is 19.1 Å². The van der Waals surface area contributed by atoms with E-state index in [4.69, 9.17) is 16.6 Å². The number of nitrogens with zero attached hydrogens (tertiary/aromatic N) is 2. The van der Waals surface area contributed by atoms with Gasteiger partial charge in [0, 0.05) is 31.4 Å². The van der Waals surface area contributed by atoms with E-state index < -0.39 is 5.97 Å². The van der Waals surface area contributed by atoms with E-state index in [1.165, 1.54) is 6.07 Å². The van der Waals surface area contributed by atoms with Gasteiger partial charge in [0.1, 0.15) is 11.5 Å². The van der Waals surface area contributed by atoms with E-state index in [9.17, 15) is 14.7 Å². The third kappa shape index (κ3) is 4.39. The Labute approximate surface area is 194 Å². The molecule has 0 radical (unpaired) electrons. The van der Waals surface area contributed by atoms with Gasteiger partial charge in [-0.25, -0.2) is 9.80 Å². The molecule has 7 nitrogen and oxygen atoms in total. The molecule has 162 valence electrons. The normalized spacial score (nSPS) is 14.8. The predicted molar refractivity (Wildman–Crippen MR) is 131 cm³/mol. The van der Waals surface area contributed by atoms with Gasteiger partial charge < -0.3 is 14.4 Å². The standard InChI is InChI=1S/C23H19N3O4S2/c1-25(2)15-9-7-14(8-10-15)19-12-11-16(30-19)13-20-21(27)26(23(31)32-20)24-18-6-4-3-5-17(18)22(28)29/h3-13,24H,1-2H3,(H,28,29)/b20-13+. The lowest BCUT2D eigenvalue weighted by molar-refractivity contribution is -0.121. The Morgan fingerprint density at radius 1 is 1.12 bits per heavy atom. The molecule has 32 heavy (non-hydrogen) atoms. The first-order valence-corrected chi connectivity index (χ1v) is 10.8. The number of benzene rings is 2. The number of hydrazine groups is 1.